The van der Waals surface area contributed by atoms with E-state index in [1.807, 2.05) is 0 Å². The predicted octanol–water partition coefficient (Wildman–Crippen LogP) is -0.665. The van der Waals surface area contributed by atoms with Gasteiger partial charge in [0, 0.05) is 12.8 Å². The molecule has 1 unspecified atom stereocenters. The monoisotopic (exact) mass is 275 g/mol. The van der Waals surface area contributed by atoms with Gasteiger partial charge in [-0.3, -0.25) is 0 Å². The maximum atomic E-state index is 11.4. The maximum absolute atomic E-state index is 11.4. The molecule has 1 rings (SSSR count). The number of hydrogen-bond donors (Lipinski definition) is 4. The Balaban J connectivity index is 3.09. The minimum atomic E-state index is -3.89. The number of methoxy groups -OCH3 is 1. The molecule has 0 bridgehead atoms. The molecular formula is C10H17N3O4S. The molecule has 8 heteroatoms. The Bertz CT molecular complexity index is 504. The van der Waals surface area contributed by atoms with Gasteiger partial charge in [-0.15, -0.1) is 0 Å². The third-order valence-electron chi connectivity index (χ3n) is 2.26. The molecule has 0 spiro atoms. The zero-order chi connectivity index (χ0) is 13.8. The van der Waals surface area contributed by atoms with Crippen LogP contribution in [-0.4, -0.2) is 39.9 Å². The van der Waals surface area contributed by atoms with Crippen LogP contribution >= 0.6 is 0 Å². The van der Waals surface area contributed by atoms with Crippen molar-refractivity contribution >= 4 is 21.4 Å². The maximum Gasteiger partial charge on any atom is 0.240 e. The molecule has 0 aliphatic rings. The summed E-state index contributed by atoms with van der Waals surface area (Å²) in [5, 5.41) is 17.1. The summed E-state index contributed by atoms with van der Waals surface area (Å²) in [6, 6.07) is 3.86. The first-order valence-corrected chi connectivity index (χ1v) is 6.71. The van der Waals surface area contributed by atoms with Crippen molar-refractivity contribution in [2.24, 2.45) is 5.14 Å². The first-order chi connectivity index (χ1) is 8.38. The highest BCUT2D eigenvalue weighted by molar-refractivity contribution is 7.89. The van der Waals surface area contributed by atoms with Gasteiger partial charge in [0.15, 0.2) is 0 Å². The topological polar surface area (TPSA) is 128 Å². The van der Waals surface area contributed by atoms with E-state index in [0.717, 1.165) is 0 Å². The first kappa shape index (κ1) is 14.7. The van der Waals surface area contributed by atoms with Crippen LogP contribution in [-0.2, 0) is 14.8 Å². The summed E-state index contributed by atoms with van der Waals surface area (Å²) in [4.78, 5) is -0.114. The van der Waals surface area contributed by atoms with Crippen LogP contribution in [0.15, 0.2) is 23.1 Å². The van der Waals surface area contributed by atoms with E-state index in [9.17, 15) is 8.42 Å². The summed E-state index contributed by atoms with van der Waals surface area (Å²) in [5.41, 5.74) is 6.09. The number of nitrogens with two attached hydrogens (primary N) is 2. The van der Waals surface area contributed by atoms with Gasteiger partial charge in [-0.25, -0.2) is 13.6 Å². The summed E-state index contributed by atoms with van der Waals surface area (Å²) in [6.07, 6.45) is 0. The van der Waals surface area contributed by atoms with Gasteiger partial charge in [0.2, 0.25) is 10.0 Å². The van der Waals surface area contributed by atoms with Crippen molar-refractivity contribution in [3.05, 3.63) is 18.2 Å². The highest BCUT2D eigenvalue weighted by atomic mass is 32.2. The number of hydrogen-bond acceptors (Lipinski definition) is 6. The number of nitrogens with one attached hydrogen (secondary N) is 1. The fourth-order valence-electron chi connectivity index (χ4n) is 1.45. The lowest BCUT2D eigenvalue weighted by molar-refractivity contribution is 0.153. The van der Waals surface area contributed by atoms with Gasteiger partial charge in [0.05, 0.1) is 24.9 Å². The number of benzene rings is 1. The molecule has 0 saturated carbocycles. The molecule has 0 aliphatic carbocycles. The third-order valence-corrected chi connectivity index (χ3v) is 3.21. The molecule has 0 radical (unpaired) electrons. The van der Waals surface area contributed by atoms with Gasteiger partial charge in [-0.2, -0.15) is 0 Å². The lowest BCUT2D eigenvalue weighted by atomic mass is 10.2. The van der Waals surface area contributed by atoms with Crippen LogP contribution in [0.4, 0.5) is 11.4 Å². The Labute approximate surface area is 106 Å². The van der Waals surface area contributed by atoms with Gasteiger partial charge < -0.3 is 20.9 Å². The summed E-state index contributed by atoms with van der Waals surface area (Å²) < 4.78 is 27.7. The molecule has 6 N–H and O–H groups in total. The van der Waals surface area contributed by atoms with Crippen molar-refractivity contribution in [3.8, 4) is 0 Å². The summed E-state index contributed by atoms with van der Waals surface area (Å²) >= 11 is 0. The van der Waals surface area contributed by atoms with E-state index in [-0.39, 0.29) is 29.5 Å². The molecule has 102 valence electrons. The Hall–Kier alpha value is -1.35. The highest BCUT2D eigenvalue weighted by Gasteiger charge is 2.17. The molecule has 1 atom stereocenters. The van der Waals surface area contributed by atoms with Gasteiger partial charge in [0.25, 0.3) is 0 Å². The van der Waals surface area contributed by atoms with Gasteiger partial charge >= 0.3 is 0 Å². The van der Waals surface area contributed by atoms with E-state index in [0.29, 0.717) is 0 Å². The molecule has 1 aromatic carbocycles. The van der Waals surface area contributed by atoms with E-state index in [1.54, 1.807) is 0 Å². The van der Waals surface area contributed by atoms with Crippen molar-refractivity contribution < 1.29 is 18.3 Å². The fourth-order valence-corrected chi connectivity index (χ4v) is 2.19. The van der Waals surface area contributed by atoms with Gasteiger partial charge in [-0.1, -0.05) is 0 Å². The summed E-state index contributed by atoms with van der Waals surface area (Å²) in [6.45, 7) is 0.0210. The summed E-state index contributed by atoms with van der Waals surface area (Å²) in [5.74, 6) is 0. The van der Waals surface area contributed by atoms with Crippen LogP contribution in [0, 0.1) is 0 Å². The first-order valence-electron chi connectivity index (χ1n) is 5.17. The largest absolute Gasteiger partial charge is 0.399 e. The Kier molecular flexibility index (Phi) is 4.91. The molecule has 0 aromatic heterocycles. The van der Waals surface area contributed by atoms with Crippen molar-refractivity contribution in [2.75, 3.05) is 31.4 Å². The second-order valence-electron chi connectivity index (χ2n) is 3.78. The van der Waals surface area contributed by atoms with Crippen molar-refractivity contribution in [3.63, 3.8) is 0 Å². The Morgan fingerprint density at radius 3 is 2.67 bits per heavy atom. The van der Waals surface area contributed by atoms with Crippen LogP contribution in [0.3, 0.4) is 0 Å². The smallest absolute Gasteiger partial charge is 0.240 e. The standard InChI is InChI=1S/C10H17N3O4S/c1-17-6-8(5-14)13-9-3-2-7(11)4-10(9)18(12,15)16/h2-4,8,13-14H,5-6,11H2,1H3,(H2,12,15,16). The normalized spacial score (nSPS) is 13.3. The van der Waals surface area contributed by atoms with Gasteiger partial charge in [0.1, 0.15) is 4.90 Å². The molecule has 0 fully saturated rings. The molecule has 0 saturated heterocycles. The lowest BCUT2D eigenvalue weighted by Crippen LogP contribution is -2.30. The van der Waals surface area contributed by atoms with Crippen LogP contribution in [0.5, 0.6) is 0 Å². The molecule has 0 heterocycles. The minimum absolute atomic E-state index is 0.114. The molecule has 7 nitrogen and oxygen atoms in total. The average Bonchev–Trinajstić information content (AvgIpc) is 2.29. The van der Waals surface area contributed by atoms with Crippen LogP contribution in [0.25, 0.3) is 0 Å². The molecule has 18 heavy (non-hydrogen) atoms. The number of nitrogen functional groups attached to an aromatic ring is 1. The zero-order valence-electron chi connectivity index (χ0n) is 9.96. The fraction of sp³-hybridized carbons (Fsp3) is 0.400. The lowest BCUT2D eigenvalue weighted by Gasteiger charge is -2.18. The Morgan fingerprint density at radius 1 is 1.50 bits per heavy atom. The predicted molar refractivity (Wildman–Crippen MR) is 68.6 cm³/mol. The highest BCUT2D eigenvalue weighted by Crippen LogP contribution is 2.23. The van der Waals surface area contributed by atoms with Crippen LogP contribution < -0.4 is 16.2 Å². The number of aliphatic hydroxyl groups is 1. The number of rotatable bonds is 6. The summed E-state index contributed by atoms with van der Waals surface area (Å²) in [7, 11) is -2.41. The number of sulfonamides is 1. The Morgan fingerprint density at radius 2 is 2.17 bits per heavy atom. The van der Waals surface area contributed by atoms with Crippen molar-refractivity contribution in [1.29, 1.82) is 0 Å². The number of primary sulfonamides is 1. The molecular weight excluding hydrogens is 258 g/mol. The van der Waals surface area contributed by atoms with Crippen molar-refractivity contribution in [1.82, 2.24) is 0 Å². The SMILES string of the molecule is COCC(CO)Nc1ccc(N)cc1S(N)(=O)=O. The third kappa shape index (κ3) is 3.84. The molecule has 1 aromatic rings. The zero-order valence-corrected chi connectivity index (χ0v) is 10.8. The average molecular weight is 275 g/mol. The number of aliphatic hydroxyl groups excluding tert-OH is 1. The molecule has 0 aliphatic heterocycles. The van der Waals surface area contributed by atoms with E-state index in [4.69, 9.17) is 20.7 Å². The van der Waals surface area contributed by atoms with E-state index in [2.05, 4.69) is 5.32 Å². The second-order valence-corrected chi connectivity index (χ2v) is 5.31. The van der Waals surface area contributed by atoms with E-state index in [1.165, 1.54) is 25.3 Å². The van der Waals surface area contributed by atoms with Crippen LogP contribution in [0.2, 0.25) is 0 Å². The minimum Gasteiger partial charge on any atom is -0.399 e. The quantitative estimate of drug-likeness (QED) is 0.510. The van der Waals surface area contributed by atoms with Crippen molar-refractivity contribution in [2.45, 2.75) is 10.9 Å². The second kappa shape index (κ2) is 6.01. The number of ether oxygens (including phenoxy) is 1. The van der Waals surface area contributed by atoms with E-state index >= 15 is 0 Å². The van der Waals surface area contributed by atoms with E-state index < -0.39 is 16.1 Å². The number of anilines is 2. The molecule has 0 amide bonds. The van der Waals surface area contributed by atoms with Crippen LogP contribution in [0.1, 0.15) is 0 Å². The van der Waals surface area contributed by atoms with Gasteiger partial charge in [-0.05, 0) is 18.2 Å².